The van der Waals surface area contributed by atoms with Crippen LogP contribution >= 0.6 is 0 Å². The number of carbonyl (C=O) groups excluding carboxylic acids is 3. The van der Waals surface area contributed by atoms with Crippen molar-refractivity contribution in [2.24, 2.45) is 0 Å². The highest BCUT2D eigenvalue weighted by Gasteiger charge is 2.40. The van der Waals surface area contributed by atoms with Crippen LogP contribution in [0.4, 0.5) is 0 Å². The number of rotatable bonds is 5. The first-order chi connectivity index (χ1) is 12.6. The summed E-state index contributed by atoms with van der Waals surface area (Å²) in [5.41, 5.74) is 2.74. The lowest BCUT2D eigenvalue weighted by Crippen LogP contribution is -2.57. The molecule has 138 valence electrons. The monoisotopic (exact) mass is 356 g/mol. The molecule has 3 heterocycles. The Morgan fingerprint density at radius 1 is 1.23 bits per heavy atom. The standard InChI is InChI=1S/C19H24N4O3/c1-2-20-14-10-22(11-14)8-12-4-3-5-13-9-23(19(26)17(12)13)15-6-7-16(24)21-18(15)25/h3-5,14-15,20H,2,6-11H2,1H3,(H,21,24,25). The molecule has 1 aromatic rings. The lowest BCUT2D eigenvalue weighted by atomic mass is 10.0. The van der Waals surface area contributed by atoms with Crippen LogP contribution < -0.4 is 10.6 Å². The van der Waals surface area contributed by atoms with Crippen LogP contribution in [0.15, 0.2) is 18.2 Å². The Kier molecular flexibility index (Phi) is 4.50. The number of likely N-dealkylation sites (tertiary alicyclic amines) is 1. The second-order valence-electron chi connectivity index (χ2n) is 7.30. The van der Waals surface area contributed by atoms with Crippen molar-refractivity contribution in [1.82, 2.24) is 20.4 Å². The maximum absolute atomic E-state index is 13.0. The molecule has 2 fully saturated rings. The molecule has 0 spiro atoms. The molecule has 0 bridgehead atoms. The van der Waals surface area contributed by atoms with Gasteiger partial charge in [0.2, 0.25) is 11.8 Å². The van der Waals surface area contributed by atoms with Gasteiger partial charge >= 0.3 is 0 Å². The fraction of sp³-hybridized carbons (Fsp3) is 0.526. The third-order valence-corrected chi connectivity index (χ3v) is 5.48. The minimum absolute atomic E-state index is 0.0890. The third-order valence-electron chi connectivity index (χ3n) is 5.48. The maximum atomic E-state index is 13.0. The number of piperidine rings is 1. The summed E-state index contributed by atoms with van der Waals surface area (Å²) in [7, 11) is 0. The summed E-state index contributed by atoms with van der Waals surface area (Å²) >= 11 is 0. The molecule has 26 heavy (non-hydrogen) atoms. The smallest absolute Gasteiger partial charge is 0.255 e. The number of hydrogen-bond acceptors (Lipinski definition) is 5. The van der Waals surface area contributed by atoms with Crippen LogP contribution in [-0.2, 0) is 22.7 Å². The van der Waals surface area contributed by atoms with Crippen LogP contribution in [-0.4, -0.2) is 59.2 Å². The van der Waals surface area contributed by atoms with Gasteiger partial charge in [-0.1, -0.05) is 25.1 Å². The molecular weight excluding hydrogens is 332 g/mol. The molecular formula is C19H24N4O3. The molecule has 0 aromatic heterocycles. The van der Waals surface area contributed by atoms with Crippen LogP contribution in [0.3, 0.4) is 0 Å². The van der Waals surface area contributed by atoms with Gasteiger partial charge < -0.3 is 10.2 Å². The van der Waals surface area contributed by atoms with E-state index in [-0.39, 0.29) is 24.1 Å². The second kappa shape index (κ2) is 6.81. The van der Waals surface area contributed by atoms with Crippen LogP contribution in [0.1, 0.15) is 41.3 Å². The molecule has 0 aliphatic carbocycles. The highest BCUT2D eigenvalue weighted by atomic mass is 16.2. The predicted molar refractivity (Wildman–Crippen MR) is 95.2 cm³/mol. The third kappa shape index (κ3) is 3.01. The zero-order valence-corrected chi connectivity index (χ0v) is 15.0. The van der Waals surface area contributed by atoms with Gasteiger partial charge in [0.25, 0.3) is 5.91 Å². The minimum atomic E-state index is -0.553. The Labute approximate surface area is 152 Å². The van der Waals surface area contributed by atoms with E-state index in [4.69, 9.17) is 0 Å². The van der Waals surface area contributed by atoms with Crippen molar-refractivity contribution in [2.45, 2.75) is 44.9 Å². The summed E-state index contributed by atoms with van der Waals surface area (Å²) in [6.45, 7) is 6.24. The molecule has 3 aliphatic rings. The number of benzene rings is 1. The number of nitrogens with one attached hydrogen (secondary N) is 2. The normalized spacial score (nSPS) is 23.8. The van der Waals surface area contributed by atoms with Gasteiger partial charge in [0, 0.05) is 44.2 Å². The molecule has 2 N–H and O–H groups in total. The number of hydrogen-bond donors (Lipinski definition) is 2. The van der Waals surface area contributed by atoms with Gasteiger partial charge in [-0.3, -0.25) is 24.6 Å². The first kappa shape index (κ1) is 17.2. The highest BCUT2D eigenvalue weighted by Crippen LogP contribution is 2.31. The van der Waals surface area contributed by atoms with E-state index < -0.39 is 6.04 Å². The average Bonchev–Trinajstić information content (AvgIpc) is 2.91. The molecule has 4 rings (SSSR count). The number of imide groups is 1. The first-order valence-electron chi connectivity index (χ1n) is 9.28. The van der Waals surface area contributed by atoms with Crippen LogP contribution in [0.25, 0.3) is 0 Å². The SMILES string of the molecule is CCNC1CN(Cc2cccc3c2C(=O)N(C2CCC(=O)NC2=O)C3)C1. The minimum Gasteiger partial charge on any atom is -0.322 e. The summed E-state index contributed by atoms with van der Waals surface area (Å²) in [5, 5.41) is 5.78. The predicted octanol–water partition coefficient (Wildman–Crippen LogP) is 0.241. The Morgan fingerprint density at radius 2 is 2.04 bits per heavy atom. The average molecular weight is 356 g/mol. The summed E-state index contributed by atoms with van der Waals surface area (Å²) in [6.07, 6.45) is 0.680. The van der Waals surface area contributed by atoms with E-state index in [9.17, 15) is 14.4 Å². The molecule has 7 nitrogen and oxygen atoms in total. The van der Waals surface area contributed by atoms with Crippen LogP contribution in [0.5, 0.6) is 0 Å². The summed E-state index contributed by atoms with van der Waals surface area (Å²) in [6, 6.07) is 5.93. The Morgan fingerprint density at radius 3 is 2.77 bits per heavy atom. The Balaban J connectivity index is 1.48. The molecule has 3 aliphatic heterocycles. The first-order valence-corrected chi connectivity index (χ1v) is 9.28. The Hall–Kier alpha value is -2.25. The number of fused-ring (bicyclic) bond motifs is 1. The van der Waals surface area contributed by atoms with E-state index in [2.05, 4.69) is 22.5 Å². The van der Waals surface area contributed by atoms with Crippen molar-refractivity contribution in [1.29, 1.82) is 0 Å². The molecule has 2 saturated heterocycles. The zero-order chi connectivity index (χ0) is 18.3. The van der Waals surface area contributed by atoms with Crippen molar-refractivity contribution in [3.8, 4) is 0 Å². The molecule has 1 atom stereocenters. The van der Waals surface area contributed by atoms with E-state index >= 15 is 0 Å². The molecule has 0 radical (unpaired) electrons. The van der Waals surface area contributed by atoms with Gasteiger partial charge in [0.15, 0.2) is 0 Å². The lowest BCUT2D eigenvalue weighted by Gasteiger charge is -2.40. The van der Waals surface area contributed by atoms with Crippen molar-refractivity contribution in [3.05, 3.63) is 34.9 Å². The van der Waals surface area contributed by atoms with E-state index in [1.165, 1.54) is 0 Å². The van der Waals surface area contributed by atoms with Crippen molar-refractivity contribution >= 4 is 17.7 Å². The Bertz CT molecular complexity index is 757. The molecule has 0 saturated carbocycles. The fourth-order valence-electron chi connectivity index (χ4n) is 4.18. The molecule has 1 unspecified atom stereocenters. The second-order valence-corrected chi connectivity index (χ2v) is 7.30. The van der Waals surface area contributed by atoms with Crippen molar-refractivity contribution < 1.29 is 14.4 Å². The molecule has 1 aromatic carbocycles. The molecule has 3 amide bonds. The van der Waals surface area contributed by atoms with E-state index in [0.717, 1.165) is 42.9 Å². The largest absolute Gasteiger partial charge is 0.322 e. The van der Waals surface area contributed by atoms with E-state index in [1.807, 2.05) is 18.2 Å². The van der Waals surface area contributed by atoms with E-state index in [0.29, 0.717) is 19.0 Å². The quantitative estimate of drug-likeness (QED) is 0.739. The van der Waals surface area contributed by atoms with Gasteiger partial charge in [0.05, 0.1) is 0 Å². The topological polar surface area (TPSA) is 81.8 Å². The zero-order valence-electron chi connectivity index (χ0n) is 15.0. The summed E-state index contributed by atoms with van der Waals surface area (Å²) in [5.74, 6) is -0.710. The number of carbonyl (C=O) groups is 3. The van der Waals surface area contributed by atoms with Crippen LogP contribution in [0.2, 0.25) is 0 Å². The van der Waals surface area contributed by atoms with E-state index in [1.54, 1.807) is 4.90 Å². The van der Waals surface area contributed by atoms with Gasteiger partial charge in [0.1, 0.15) is 6.04 Å². The van der Waals surface area contributed by atoms with Crippen LogP contribution in [0, 0.1) is 0 Å². The number of amides is 3. The highest BCUT2D eigenvalue weighted by molar-refractivity contribution is 6.05. The van der Waals surface area contributed by atoms with Gasteiger partial charge in [-0.15, -0.1) is 0 Å². The van der Waals surface area contributed by atoms with Crippen molar-refractivity contribution in [3.63, 3.8) is 0 Å². The number of nitrogens with zero attached hydrogens (tertiary/aromatic N) is 2. The van der Waals surface area contributed by atoms with Gasteiger partial charge in [-0.2, -0.15) is 0 Å². The summed E-state index contributed by atoms with van der Waals surface area (Å²) in [4.78, 5) is 40.5. The van der Waals surface area contributed by atoms with Gasteiger partial charge in [-0.25, -0.2) is 0 Å². The maximum Gasteiger partial charge on any atom is 0.255 e. The van der Waals surface area contributed by atoms with Gasteiger partial charge in [-0.05, 0) is 24.1 Å². The van der Waals surface area contributed by atoms with Crippen molar-refractivity contribution in [2.75, 3.05) is 19.6 Å². The summed E-state index contributed by atoms with van der Waals surface area (Å²) < 4.78 is 0. The number of likely N-dealkylation sites (N-methyl/N-ethyl adjacent to an activating group) is 1. The lowest BCUT2D eigenvalue weighted by molar-refractivity contribution is -0.136. The molecule has 7 heteroatoms. The fourth-order valence-corrected chi connectivity index (χ4v) is 4.18.